The van der Waals surface area contributed by atoms with Gasteiger partial charge in [-0.1, -0.05) is 198 Å². The molecule has 6 rings (SSSR count). The van der Waals surface area contributed by atoms with Gasteiger partial charge in [-0.3, -0.25) is 38.4 Å². The van der Waals surface area contributed by atoms with Crippen molar-refractivity contribution >= 4 is 71.4 Å². The predicted octanol–water partition coefficient (Wildman–Crippen LogP) is 14.6. The van der Waals surface area contributed by atoms with Crippen LogP contribution in [0.25, 0.3) is 0 Å². The Bertz CT molecular complexity index is 2330. The molecule has 568 valence electrons. The van der Waals surface area contributed by atoms with E-state index in [-0.39, 0.29) is 95.6 Å². The maximum absolute atomic E-state index is 12.5. The molecule has 5 saturated carbocycles. The van der Waals surface area contributed by atoms with Gasteiger partial charge in [0.25, 0.3) is 0 Å². The number of ketones is 4. The number of carbonyl (C=O) groups excluding carboxylic acids is 16. The number of nitrogens with one attached hydrogen (secondary N) is 4. The van der Waals surface area contributed by atoms with Crippen LogP contribution in [-0.4, -0.2) is 97.0 Å². The smallest absolute Gasteiger partial charge is 0.356 e. The minimum Gasteiger partial charge on any atom is -0.356 e. The Balaban J connectivity index is -0.000000562. The summed E-state index contributed by atoms with van der Waals surface area (Å²) in [5, 5.41) is 12.2. The molecular weight excluding hydrogens is 1270 g/mol. The third-order valence-corrected chi connectivity index (χ3v) is 19.5. The lowest BCUT2D eigenvalue weighted by molar-refractivity contribution is -0.193. The van der Waals surface area contributed by atoms with Crippen molar-refractivity contribution in [2.45, 2.75) is 290 Å². The van der Waals surface area contributed by atoms with E-state index in [0.29, 0.717) is 104 Å². The lowest BCUT2D eigenvalue weighted by Crippen LogP contribution is -2.35. The zero-order valence-electron chi connectivity index (χ0n) is 64.1. The van der Waals surface area contributed by atoms with E-state index < -0.39 is 0 Å². The molecule has 0 heterocycles. The van der Waals surface area contributed by atoms with E-state index in [1.165, 1.54) is 25.7 Å². The topological polar surface area (TPSA) is 321 Å². The van der Waals surface area contributed by atoms with Gasteiger partial charge in [0.15, 0.2) is 0 Å². The summed E-state index contributed by atoms with van der Waals surface area (Å²) in [7, 11) is 0. The normalized spacial score (nSPS) is 23.3. The maximum atomic E-state index is 12.5. The Morgan fingerprint density at radius 3 is 0.990 bits per heavy atom. The minimum absolute atomic E-state index is 0.0622. The molecule has 0 radical (unpaired) electrons. The summed E-state index contributed by atoms with van der Waals surface area (Å²) in [5.74, 6) is 5.67. The van der Waals surface area contributed by atoms with Crippen molar-refractivity contribution in [2.24, 2.45) is 76.9 Å². The van der Waals surface area contributed by atoms with Crippen LogP contribution in [0, 0.1) is 76.9 Å². The molecule has 100 heavy (non-hydrogen) atoms. The number of unbranched alkanes of at least 4 members (excludes halogenated alkanes) is 2. The highest BCUT2D eigenvalue weighted by atomic mass is 16.2. The van der Waals surface area contributed by atoms with Crippen LogP contribution < -0.4 is 21.3 Å². The molecule has 0 aromatic heterocycles. The summed E-state index contributed by atoms with van der Waals surface area (Å²) in [6, 6.07) is 0.381. The van der Waals surface area contributed by atoms with Crippen molar-refractivity contribution in [3.05, 3.63) is 48.1 Å². The lowest BCUT2D eigenvalue weighted by Gasteiger charge is -2.30. The van der Waals surface area contributed by atoms with Crippen LogP contribution >= 0.6 is 0 Å². The van der Waals surface area contributed by atoms with Gasteiger partial charge in [-0.2, -0.15) is 38.4 Å². The maximum Gasteiger partial charge on any atom is 0.373 e. The third-order valence-electron chi connectivity index (χ3n) is 19.5. The zero-order chi connectivity index (χ0) is 76.8. The van der Waals surface area contributed by atoms with E-state index in [1.54, 1.807) is 0 Å². The molecule has 0 bridgehead atoms. The van der Waals surface area contributed by atoms with Crippen molar-refractivity contribution < 1.29 is 76.7 Å². The highest BCUT2D eigenvalue weighted by molar-refractivity contribution is 5.97. The van der Waals surface area contributed by atoms with Crippen LogP contribution in [0.2, 0.25) is 0 Å². The van der Waals surface area contributed by atoms with Gasteiger partial charge in [0, 0.05) is 99.9 Å². The number of Topliss-reactive ketones (excluding diaryl/α,β-unsaturated/α-hetero) is 4. The Hall–Kier alpha value is -6.96. The molecule has 4 amide bonds. The van der Waals surface area contributed by atoms with Gasteiger partial charge in [-0.15, -0.1) is 0 Å². The minimum atomic E-state index is 0.0622. The van der Waals surface area contributed by atoms with Crippen molar-refractivity contribution in [3.8, 4) is 0 Å². The molecule has 20 heteroatoms. The van der Waals surface area contributed by atoms with Gasteiger partial charge < -0.3 is 21.3 Å². The third kappa shape index (κ3) is 47.2. The van der Waals surface area contributed by atoms with Crippen LogP contribution in [0.15, 0.2) is 48.1 Å². The van der Waals surface area contributed by atoms with Gasteiger partial charge in [0.1, 0.15) is 23.1 Å². The lowest BCUT2D eigenvalue weighted by atomic mass is 9.75. The highest BCUT2D eigenvalue weighted by Gasteiger charge is 2.45. The summed E-state index contributed by atoms with van der Waals surface area (Å²) in [4.78, 5) is 161. The number of hydrogen-bond acceptors (Lipinski definition) is 16. The molecule has 20 nitrogen and oxygen atoms in total. The fourth-order valence-electron chi connectivity index (χ4n) is 12.1. The quantitative estimate of drug-likeness (QED) is 0.0486. The molecule has 5 fully saturated rings. The van der Waals surface area contributed by atoms with Crippen LogP contribution in [0.3, 0.4) is 0 Å². The number of amides is 4. The van der Waals surface area contributed by atoms with E-state index >= 15 is 0 Å². The van der Waals surface area contributed by atoms with Crippen molar-refractivity contribution in [1.82, 2.24) is 21.3 Å². The molecule has 0 spiro atoms. The average molecular weight is 1410 g/mol. The number of fused-ring (bicyclic) bond motifs is 1. The van der Waals surface area contributed by atoms with Crippen LogP contribution in [0.1, 0.15) is 284 Å². The number of hydrogen-bond donors (Lipinski definition) is 4. The van der Waals surface area contributed by atoms with Gasteiger partial charge >= 0.3 is 24.6 Å². The molecule has 0 aromatic carbocycles. The fourth-order valence-corrected chi connectivity index (χ4v) is 12.1. The summed E-state index contributed by atoms with van der Waals surface area (Å²) >= 11 is 0. The fraction of sp³-hybridized carbons (Fsp3) is 0.750. The molecule has 4 N–H and O–H groups in total. The van der Waals surface area contributed by atoms with Gasteiger partial charge in [0.2, 0.25) is 23.6 Å². The number of carbonyl (C=O) groups is 8. The Kier molecular flexibility index (Phi) is 65.0. The van der Waals surface area contributed by atoms with E-state index in [9.17, 15) is 38.4 Å². The van der Waals surface area contributed by atoms with Crippen LogP contribution in [-0.2, 0) is 76.7 Å². The average Bonchev–Trinajstić information content (AvgIpc) is 1.61. The van der Waals surface area contributed by atoms with Crippen LogP contribution in [0.5, 0.6) is 0 Å². The van der Waals surface area contributed by atoms with E-state index in [0.717, 1.165) is 134 Å². The SMILES string of the molecule is CC/C=C\C[C@@H]1C(=O)CC[C@@H]1CC(=O)NC[C@@H](C)CC.CC/C=C\C[C@@H]1C(=O)CC[C@H]1CC(=O)NC[C@@H](C)CC.CC/C=C\C[C@H]1C(=O)CC[C@@H]1CC(=O)NC[C@@H](C)CC.CCCC.CCCC.CC[C@H]1C=C(C(=O)N[C@H]2C[C@H]2CC)[C@H]2CCC(=O)[C@H]2C1.O=C=O.O=C=O.O=C=O.O=C=O. The predicted molar refractivity (Wildman–Crippen MR) is 386 cm³/mol. The second kappa shape index (κ2) is 65.4. The van der Waals surface area contributed by atoms with E-state index in [4.69, 9.17) is 38.4 Å². The summed E-state index contributed by atoms with van der Waals surface area (Å²) < 4.78 is 0. The molecule has 0 saturated heterocycles. The Labute approximate surface area is 601 Å². The molecular formula is C80H132N4O16. The van der Waals surface area contributed by atoms with Gasteiger partial charge in [0.05, 0.1) is 0 Å². The second-order valence-corrected chi connectivity index (χ2v) is 27.1. The Morgan fingerprint density at radius 2 is 0.730 bits per heavy atom. The zero-order valence-corrected chi connectivity index (χ0v) is 64.1. The monoisotopic (exact) mass is 1400 g/mol. The number of allylic oxidation sites excluding steroid dienone is 7. The number of rotatable bonds is 30. The van der Waals surface area contributed by atoms with Crippen molar-refractivity contribution in [3.63, 3.8) is 0 Å². The molecule has 14 atom stereocenters. The molecule has 0 unspecified atom stereocenters. The molecule has 0 aromatic rings. The van der Waals surface area contributed by atoms with E-state index in [1.807, 2.05) is 0 Å². The largest absolute Gasteiger partial charge is 0.373 e. The summed E-state index contributed by atoms with van der Waals surface area (Å²) in [6.07, 6.45) is 41.5. The summed E-state index contributed by atoms with van der Waals surface area (Å²) in [6.45, 7) is 34.3. The van der Waals surface area contributed by atoms with Crippen molar-refractivity contribution in [1.29, 1.82) is 0 Å². The van der Waals surface area contributed by atoms with E-state index in [2.05, 4.69) is 168 Å². The molecule has 6 aliphatic rings. The Morgan fingerprint density at radius 1 is 0.420 bits per heavy atom. The summed E-state index contributed by atoms with van der Waals surface area (Å²) in [5.41, 5.74) is 0.917. The first-order chi connectivity index (χ1) is 47.9. The first-order valence-electron chi connectivity index (χ1n) is 37.7. The standard InChI is InChI=1S/C17H25NO2.3C17H29NO2.2C4H10.4CO2/c1-3-10-7-13-12(5-6-16(13)19)14(8-10)17(20)18-15-9-11(15)4-2;3*1-4-6-7-8-15-14(9-10-16(15)19)11-17(20)18-12-13(3)5-2;2*1-3-4-2;4*2-1-3/h8,10-13,15H,3-7,9H2,1-2H3,(H,18,20);3*6-7,13-15H,4-5,8-12H2,1-3H3,(H,18,20);2*3-4H2,1-2H3;;;;/b;3*7-6-;;;;;;/t10-,11-,12+,13+,15+;13-,14+,15+;13-,14+,15-;13-,14-,15-;;;;;;/m1000....../s1. The second-order valence-electron chi connectivity index (χ2n) is 27.1. The first kappa shape index (κ1) is 99.4. The van der Waals surface area contributed by atoms with Gasteiger partial charge in [-0.25, -0.2) is 0 Å². The van der Waals surface area contributed by atoms with Crippen LogP contribution in [0.4, 0.5) is 0 Å². The molecule has 0 aliphatic heterocycles. The first-order valence-corrected chi connectivity index (χ1v) is 37.7. The van der Waals surface area contributed by atoms with Crippen molar-refractivity contribution in [2.75, 3.05) is 19.6 Å². The van der Waals surface area contributed by atoms with Gasteiger partial charge in [-0.05, 0) is 137 Å². The molecule has 6 aliphatic carbocycles. The highest BCUT2D eigenvalue weighted by Crippen LogP contribution is 2.44.